The van der Waals surface area contributed by atoms with Crippen molar-refractivity contribution >= 4 is 11.6 Å². The molecule has 17 heavy (non-hydrogen) atoms. The van der Waals surface area contributed by atoms with E-state index in [4.69, 9.17) is 26.8 Å². The molecular weight excluding hydrogens is 242 g/mol. The molecule has 1 aromatic rings. The Balaban J connectivity index is 2.83. The maximum absolute atomic E-state index is 6.13. The highest BCUT2D eigenvalue weighted by molar-refractivity contribution is 6.31. The van der Waals surface area contributed by atoms with Crippen LogP contribution in [0.15, 0.2) is 6.20 Å². The topological polar surface area (TPSA) is 62.3 Å². The molecule has 0 aliphatic rings. The van der Waals surface area contributed by atoms with Gasteiger partial charge in [0.1, 0.15) is 0 Å². The van der Waals surface area contributed by atoms with Crippen molar-refractivity contribution in [2.75, 3.05) is 20.3 Å². The molecule has 5 nitrogen and oxygen atoms in total. The van der Waals surface area contributed by atoms with Gasteiger partial charge in [0.05, 0.1) is 42.2 Å². The molecule has 2 unspecified atom stereocenters. The summed E-state index contributed by atoms with van der Waals surface area (Å²) in [5.41, 5.74) is 6.93. The first-order valence-electron chi connectivity index (χ1n) is 5.69. The van der Waals surface area contributed by atoms with E-state index in [9.17, 15) is 0 Å². The zero-order valence-electron chi connectivity index (χ0n) is 10.5. The van der Waals surface area contributed by atoms with Crippen LogP contribution in [0.1, 0.15) is 25.6 Å². The number of ether oxygens (including phenoxy) is 2. The van der Waals surface area contributed by atoms with Crippen molar-refractivity contribution in [2.24, 2.45) is 5.73 Å². The number of halogens is 1. The van der Waals surface area contributed by atoms with E-state index < -0.39 is 0 Å². The Kier molecular flexibility index (Phi) is 5.91. The van der Waals surface area contributed by atoms with Crippen LogP contribution < -0.4 is 5.73 Å². The van der Waals surface area contributed by atoms with Crippen LogP contribution >= 0.6 is 11.6 Å². The Morgan fingerprint density at radius 3 is 2.88 bits per heavy atom. The second-order valence-corrected chi connectivity index (χ2v) is 4.19. The second kappa shape index (κ2) is 6.96. The molecule has 0 bridgehead atoms. The molecule has 1 heterocycles. The first-order valence-corrected chi connectivity index (χ1v) is 6.06. The molecule has 1 rings (SSSR count). The summed E-state index contributed by atoms with van der Waals surface area (Å²) in [5.74, 6) is 0. The molecule has 0 spiro atoms. The van der Waals surface area contributed by atoms with Crippen molar-refractivity contribution in [2.45, 2.75) is 32.5 Å². The van der Waals surface area contributed by atoms with Gasteiger partial charge in [-0.15, -0.1) is 0 Å². The summed E-state index contributed by atoms with van der Waals surface area (Å²) in [7, 11) is 1.65. The lowest BCUT2D eigenvalue weighted by atomic mass is 10.1. The Morgan fingerprint density at radius 2 is 2.29 bits per heavy atom. The molecule has 1 aromatic heterocycles. The van der Waals surface area contributed by atoms with Crippen LogP contribution in [0.4, 0.5) is 0 Å². The fourth-order valence-corrected chi connectivity index (χ4v) is 1.92. The van der Waals surface area contributed by atoms with Gasteiger partial charge >= 0.3 is 0 Å². The van der Waals surface area contributed by atoms with E-state index in [1.165, 1.54) is 0 Å². The summed E-state index contributed by atoms with van der Waals surface area (Å²) in [6, 6.07) is -0.290. The lowest BCUT2D eigenvalue weighted by molar-refractivity contribution is 0.0549. The predicted octanol–water partition coefficient (Wildman–Crippen LogP) is 1.61. The summed E-state index contributed by atoms with van der Waals surface area (Å²) in [6.45, 7) is 5.69. The van der Waals surface area contributed by atoms with E-state index in [2.05, 4.69) is 5.10 Å². The van der Waals surface area contributed by atoms with Gasteiger partial charge in [-0.1, -0.05) is 11.6 Å². The molecular formula is C11H20ClN3O2. The quantitative estimate of drug-likeness (QED) is 0.810. The standard InChI is InChI=1S/C11H20ClN3O2/c1-4-17-8(2)10(13)11-9(12)7-14-15(11)5-6-16-3/h7-8,10H,4-6,13H2,1-3H3. The third kappa shape index (κ3) is 3.67. The molecule has 98 valence electrons. The minimum Gasteiger partial charge on any atom is -0.383 e. The van der Waals surface area contributed by atoms with Crippen LogP contribution in [0, 0.1) is 0 Å². The first kappa shape index (κ1) is 14.4. The average Bonchev–Trinajstić information content (AvgIpc) is 2.67. The van der Waals surface area contributed by atoms with Gasteiger partial charge in [-0.05, 0) is 13.8 Å². The van der Waals surface area contributed by atoms with Gasteiger partial charge in [-0.25, -0.2) is 0 Å². The van der Waals surface area contributed by atoms with E-state index in [0.29, 0.717) is 24.8 Å². The Morgan fingerprint density at radius 1 is 1.59 bits per heavy atom. The number of nitrogens with two attached hydrogens (primary N) is 1. The van der Waals surface area contributed by atoms with Crippen LogP contribution in [0.2, 0.25) is 5.02 Å². The smallest absolute Gasteiger partial charge is 0.0835 e. The zero-order chi connectivity index (χ0) is 12.8. The van der Waals surface area contributed by atoms with Gasteiger partial charge in [0.2, 0.25) is 0 Å². The first-order chi connectivity index (χ1) is 8.11. The molecule has 0 amide bonds. The van der Waals surface area contributed by atoms with Crippen molar-refractivity contribution < 1.29 is 9.47 Å². The highest BCUT2D eigenvalue weighted by Gasteiger charge is 2.22. The fraction of sp³-hybridized carbons (Fsp3) is 0.727. The van der Waals surface area contributed by atoms with Crippen molar-refractivity contribution in [1.29, 1.82) is 0 Å². The molecule has 6 heteroatoms. The van der Waals surface area contributed by atoms with Crippen molar-refractivity contribution in [3.8, 4) is 0 Å². The third-order valence-electron chi connectivity index (χ3n) is 2.59. The summed E-state index contributed by atoms with van der Waals surface area (Å²) in [6.07, 6.45) is 1.50. The lowest BCUT2D eigenvalue weighted by Crippen LogP contribution is -2.29. The van der Waals surface area contributed by atoms with Crippen molar-refractivity contribution in [1.82, 2.24) is 9.78 Å². The highest BCUT2D eigenvalue weighted by atomic mass is 35.5. The van der Waals surface area contributed by atoms with Gasteiger partial charge in [0.25, 0.3) is 0 Å². The minimum absolute atomic E-state index is 0.101. The van der Waals surface area contributed by atoms with Crippen LogP contribution in [0.3, 0.4) is 0 Å². The summed E-state index contributed by atoms with van der Waals surface area (Å²) < 4.78 is 12.3. The molecule has 0 saturated heterocycles. The van der Waals surface area contributed by atoms with Crippen LogP contribution in [-0.2, 0) is 16.0 Å². The van der Waals surface area contributed by atoms with Crippen LogP contribution in [0.5, 0.6) is 0 Å². The van der Waals surface area contributed by atoms with E-state index >= 15 is 0 Å². The highest BCUT2D eigenvalue weighted by Crippen LogP contribution is 2.24. The maximum atomic E-state index is 6.13. The third-order valence-corrected chi connectivity index (χ3v) is 2.88. The molecule has 0 aromatic carbocycles. The summed E-state index contributed by atoms with van der Waals surface area (Å²) in [4.78, 5) is 0. The fourth-order valence-electron chi connectivity index (χ4n) is 1.65. The predicted molar refractivity (Wildman–Crippen MR) is 67.1 cm³/mol. The Bertz CT molecular complexity index is 343. The number of hydrogen-bond acceptors (Lipinski definition) is 4. The van der Waals surface area contributed by atoms with E-state index in [0.717, 1.165) is 5.69 Å². The molecule has 0 aliphatic carbocycles. The average molecular weight is 262 g/mol. The Labute approximate surface area is 107 Å². The Hall–Kier alpha value is -0.620. The minimum atomic E-state index is -0.290. The zero-order valence-corrected chi connectivity index (χ0v) is 11.3. The number of nitrogens with zero attached hydrogens (tertiary/aromatic N) is 2. The molecule has 0 radical (unpaired) electrons. The van der Waals surface area contributed by atoms with Gasteiger partial charge in [-0.3, -0.25) is 4.68 Å². The molecule has 0 aliphatic heterocycles. The summed E-state index contributed by atoms with van der Waals surface area (Å²) in [5, 5.41) is 4.76. The van der Waals surface area contributed by atoms with Crippen LogP contribution in [-0.4, -0.2) is 36.2 Å². The number of hydrogen-bond donors (Lipinski definition) is 1. The van der Waals surface area contributed by atoms with E-state index in [1.807, 2.05) is 13.8 Å². The lowest BCUT2D eigenvalue weighted by Gasteiger charge is -2.21. The monoisotopic (exact) mass is 261 g/mol. The van der Waals surface area contributed by atoms with E-state index in [1.54, 1.807) is 18.0 Å². The maximum Gasteiger partial charge on any atom is 0.0835 e. The van der Waals surface area contributed by atoms with E-state index in [-0.39, 0.29) is 12.1 Å². The van der Waals surface area contributed by atoms with Crippen molar-refractivity contribution in [3.63, 3.8) is 0 Å². The van der Waals surface area contributed by atoms with Gasteiger partial charge in [0.15, 0.2) is 0 Å². The molecule has 2 atom stereocenters. The molecule has 0 saturated carbocycles. The van der Waals surface area contributed by atoms with Crippen LogP contribution in [0.25, 0.3) is 0 Å². The van der Waals surface area contributed by atoms with Gasteiger partial charge in [-0.2, -0.15) is 5.10 Å². The normalized spacial score (nSPS) is 14.9. The number of methoxy groups -OCH3 is 1. The van der Waals surface area contributed by atoms with Crippen molar-refractivity contribution in [3.05, 3.63) is 16.9 Å². The summed E-state index contributed by atoms with van der Waals surface area (Å²) >= 11 is 6.10. The SMILES string of the molecule is CCOC(C)C(N)c1c(Cl)cnn1CCOC. The molecule has 2 N–H and O–H groups in total. The largest absolute Gasteiger partial charge is 0.383 e. The second-order valence-electron chi connectivity index (χ2n) is 3.78. The molecule has 0 fully saturated rings. The van der Waals surface area contributed by atoms with Gasteiger partial charge < -0.3 is 15.2 Å². The number of aromatic nitrogens is 2. The number of rotatable bonds is 7. The van der Waals surface area contributed by atoms with Gasteiger partial charge in [0, 0.05) is 13.7 Å².